The van der Waals surface area contributed by atoms with E-state index in [0.717, 1.165) is 44.2 Å². The van der Waals surface area contributed by atoms with Crippen LogP contribution in [0.2, 0.25) is 5.02 Å². The Kier molecular flexibility index (Phi) is 5.79. The quantitative estimate of drug-likeness (QED) is 0.737. The number of hydrogen-bond acceptors (Lipinski definition) is 4. The van der Waals surface area contributed by atoms with Crippen molar-refractivity contribution in [2.24, 2.45) is 5.92 Å². The Bertz CT molecular complexity index is 790. The van der Waals surface area contributed by atoms with Gasteiger partial charge in [0.1, 0.15) is 5.54 Å². The maximum Gasteiger partial charge on any atom is 0.322 e. The molecular weight excluding hydrogens is 392 g/mol. The first kappa shape index (κ1) is 20.2. The largest absolute Gasteiger partial charge is 0.341 e. The molecule has 0 bridgehead atoms. The zero-order valence-corrected chi connectivity index (χ0v) is 17.2. The van der Waals surface area contributed by atoms with Gasteiger partial charge in [0.05, 0.1) is 0 Å². The fraction of sp³-hybridized carbons (Fsp3) is 0.571. The second-order valence-electron chi connectivity index (χ2n) is 8.35. The van der Waals surface area contributed by atoms with Crippen LogP contribution in [0, 0.1) is 5.92 Å². The molecule has 29 heavy (non-hydrogen) atoms. The predicted molar refractivity (Wildman–Crippen MR) is 109 cm³/mol. The van der Waals surface area contributed by atoms with Crippen molar-refractivity contribution >= 4 is 29.4 Å². The average molecular weight is 419 g/mol. The number of nitrogens with one attached hydrogen (secondary N) is 2. The molecule has 1 aliphatic carbocycles. The topological polar surface area (TPSA) is 81.8 Å². The first-order valence-electron chi connectivity index (χ1n) is 10.3. The summed E-state index contributed by atoms with van der Waals surface area (Å²) in [6.45, 7) is 4.18. The highest BCUT2D eigenvalue weighted by molar-refractivity contribution is 6.30. The molecule has 0 unspecified atom stereocenters. The number of imide groups is 1. The van der Waals surface area contributed by atoms with Gasteiger partial charge in [-0.25, -0.2) is 4.79 Å². The summed E-state index contributed by atoms with van der Waals surface area (Å²) in [5.41, 5.74) is 0.422. The van der Waals surface area contributed by atoms with Crippen molar-refractivity contribution in [1.29, 1.82) is 0 Å². The van der Waals surface area contributed by atoms with E-state index in [-0.39, 0.29) is 17.7 Å². The van der Waals surface area contributed by atoms with E-state index in [4.69, 9.17) is 11.6 Å². The summed E-state index contributed by atoms with van der Waals surface area (Å²) in [5.74, 6) is -0.118. The maximum absolute atomic E-state index is 13.1. The van der Waals surface area contributed by atoms with Crippen LogP contribution in [0.5, 0.6) is 0 Å². The molecule has 1 aromatic carbocycles. The number of halogens is 1. The SMILES string of the molecule is O=C1NC(=O)C2(CCC(C(=O)N3CCCN(Cc4ccc(Cl)cc4)CC3)CC2)N1. The van der Waals surface area contributed by atoms with Gasteiger partial charge in [-0.05, 0) is 49.8 Å². The normalized spacial score (nSPS) is 28.2. The zero-order chi connectivity index (χ0) is 20.4. The van der Waals surface area contributed by atoms with Gasteiger partial charge >= 0.3 is 6.03 Å². The van der Waals surface area contributed by atoms with Crippen molar-refractivity contribution in [3.05, 3.63) is 34.9 Å². The number of urea groups is 1. The van der Waals surface area contributed by atoms with Crippen LogP contribution < -0.4 is 10.6 Å². The summed E-state index contributed by atoms with van der Waals surface area (Å²) in [4.78, 5) is 41.0. The fourth-order valence-electron chi connectivity index (χ4n) is 4.69. The standard InChI is InChI=1S/C21H27ClN4O3/c22-17-4-2-15(3-5-17)14-25-10-1-11-26(13-12-25)18(27)16-6-8-21(9-7-16)19(28)23-20(29)24-21/h2-5,16H,1,6-14H2,(H2,23,24,28,29). The van der Waals surface area contributed by atoms with Crippen LogP contribution in [0.15, 0.2) is 24.3 Å². The number of hydrogen-bond donors (Lipinski definition) is 2. The Morgan fingerprint density at radius 3 is 2.45 bits per heavy atom. The lowest BCUT2D eigenvalue weighted by molar-refractivity contribution is -0.138. The number of nitrogens with zero attached hydrogens (tertiary/aromatic N) is 2. The predicted octanol–water partition coefficient (Wildman–Crippen LogP) is 2.14. The average Bonchev–Trinajstić information content (AvgIpc) is 2.87. The first-order valence-corrected chi connectivity index (χ1v) is 10.7. The molecule has 4 amide bonds. The van der Waals surface area contributed by atoms with E-state index in [1.807, 2.05) is 29.2 Å². The van der Waals surface area contributed by atoms with Crippen LogP contribution in [0.25, 0.3) is 0 Å². The minimum absolute atomic E-state index is 0.0613. The van der Waals surface area contributed by atoms with Crippen LogP contribution in [-0.4, -0.2) is 59.4 Å². The van der Waals surface area contributed by atoms with Crippen molar-refractivity contribution in [2.75, 3.05) is 26.2 Å². The van der Waals surface area contributed by atoms with E-state index in [2.05, 4.69) is 15.5 Å². The summed E-state index contributed by atoms with van der Waals surface area (Å²) < 4.78 is 0. The van der Waals surface area contributed by atoms with Crippen molar-refractivity contribution in [1.82, 2.24) is 20.4 Å². The second-order valence-corrected chi connectivity index (χ2v) is 8.78. The molecule has 1 aromatic rings. The minimum atomic E-state index is -0.804. The number of carbonyl (C=O) groups is 3. The van der Waals surface area contributed by atoms with Gasteiger partial charge in [0.25, 0.3) is 5.91 Å². The molecule has 8 heteroatoms. The van der Waals surface area contributed by atoms with E-state index in [1.165, 1.54) is 5.56 Å². The van der Waals surface area contributed by atoms with Crippen LogP contribution in [0.4, 0.5) is 4.79 Å². The monoisotopic (exact) mass is 418 g/mol. The Morgan fingerprint density at radius 2 is 1.79 bits per heavy atom. The molecule has 0 radical (unpaired) electrons. The Hall–Kier alpha value is -2.12. The van der Waals surface area contributed by atoms with Gasteiger partial charge in [-0.3, -0.25) is 19.8 Å². The number of rotatable bonds is 3. The summed E-state index contributed by atoms with van der Waals surface area (Å²) in [7, 11) is 0. The van der Waals surface area contributed by atoms with Crippen molar-refractivity contribution in [2.45, 2.75) is 44.2 Å². The highest BCUT2D eigenvalue weighted by Gasteiger charge is 2.49. The van der Waals surface area contributed by atoms with E-state index in [9.17, 15) is 14.4 Å². The van der Waals surface area contributed by atoms with Crippen LogP contribution in [-0.2, 0) is 16.1 Å². The first-order chi connectivity index (χ1) is 13.9. The molecule has 0 atom stereocenters. The lowest BCUT2D eigenvalue weighted by Crippen LogP contribution is -2.51. The third kappa shape index (κ3) is 4.41. The van der Waals surface area contributed by atoms with E-state index < -0.39 is 11.6 Å². The molecule has 1 spiro atoms. The van der Waals surface area contributed by atoms with Gasteiger partial charge in [-0.2, -0.15) is 0 Å². The highest BCUT2D eigenvalue weighted by atomic mass is 35.5. The summed E-state index contributed by atoms with van der Waals surface area (Å²) in [6.07, 6.45) is 3.28. The van der Waals surface area contributed by atoms with Crippen molar-refractivity contribution in [3.8, 4) is 0 Å². The van der Waals surface area contributed by atoms with Gasteiger partial charge in [0.2, 0.25) is 5.91 Å². The summed E-state index contributed by atoms with van der Waals surface area (Å²) in [5, 5.41) is 5.83. The van der Waals surface area contributed by atoms with Crippen LogP contribution in [0.3, 0.4) is 0 Å². The van der Waals surface area contributed by atoms with Crippen LogP contribution >= 0.6 is 11.6 Å². The van der Waals surface area contributed by atoms with Crippen molar-refractivity contribution in [3.63, 3.8) is 0 Å². The molecule has 156 valence electrons. The number of amides is 4. The third-order valence-corrected chi connectivity index (χ3v) is 6.67. The fourth-order valence-corrected chi connectivity index (χ4v) is 4.82. The Morgan fingerprint density at radius 1 is 1.07 bits per heavy atom. The number of carbonyl (C=O) groups excluding carboxylic acids is 3. The highest BCUT2D eigenvalue weighted by Crippen LogP contribution is 2.35. The zero-order valence-electron chi connectivity index (χ0n) is 16.5. The summed E-state index contributed by atoms with van der Waals surface area (Å²) >= 11 is 5.96. The van der Waals surface area contributed by atoms with E-state index in [1.54, 1.807) is 0 Å². The molecule has 3 fully saturated rings. The van der Waals surface area contributed by atoms with Gasteiger partial charge in [0.15, 0.2) is 0 Å². The summed E-state index contributed by atoms with van der Waals surface area (Å²) in [6, 6.07) is 7.49. The lowest BCUT2D eigenvalue weighted by Gasteiger charge is -2.36. The molecule has 2 heterocycles. The third-order valence-electron chi connectivity index (χ3n) is 6.42. The molecule has 4 rings (SSSR count). The molecule has 2 saturated heterocycles. The van der Waals surface area contributed by atoms with Gasteiger partial charge < -0.3 is 10.2 Å². The molecule has 7 nitrogen and oxygen atoms in total. The maximum atomic E-state index is 13.1. The van der Waals surface area contributed by atoms with E-state index in [0.29, 0.717) is 25.7 Å². The number of benzene rings is 1. The van der Waals surface area contributed by atoms with Gasteiger partial charge in [0, 0.05) is 43.7 Å². The smallest absolute Gasteiger partial charge is 0.322 e. The van der Waals surface area contributed by atoms with Crippen LogP contribution in [0.1, 0.15) is 37.7 Å². The Labute approximate surface area is 175 Å². The van der Waals surface area contributed by atoms with Crippen molar-refractivity contribution < 1.29 is 14.4 Å². The molecule has 1 saturated carbocycles. The second kappa shape index (κ2) is 8.32. The van der Waals surface area contributed by atoms with E-state index >= 15 is 0 Å². The molecule has 3 aliphatic rings. The van der Waals surface area contributed by atoms with Gasteiger partial charge in [-0.1, -0.05) is 23.7 Å². The lowest BCUT2D eigenvalue weighted by atomic mass is 9.76. The molecule has 2 aliphatic heterocycles. The van der Waals surface area contributed by atoms with Gasteiger partial charge in [-0.15, -0.1) is 0 Å². The molecule has 2 N–H and O–H groups in total. The Balaban J connectivity index is 1.29. The molecule has 0 aromatic heterocycles. The minimum Gasteiger partial charge on any atom is -0.341 e. The molecular formula is C21H27ClN4O3.